The zero-order valence-electron chi connectivity index (χ0n) is 17.3. The minimum absolute atomic E-state index is 0.0351. The third-order valence-electron chi connectivity index (χ3n) is 4.67. The van der Waals surface area contributed by atoms with Gasteiger partial charge in [0.1, 0.15) is 12.4 Å². The average Bonchev–Trinajstić information content (AvgIpc) is 2.85. The van der Waals surface area contributed by atoms with Gasteiger partial charge in [-0.25, -0.2) is 10.2 Å². The quantitative estimate of drug-likeness (QED) is 0.170. The van der Waals surface area contributed by atoms with Crippen LogP contribution in [0.3, 0.4) is 0 Å². The van der Waals surface area contributed by atoms with Gasteiger partial charge in [-0.15, -0.1) is 0 Å². The number of hydrazone groups is 1. The van der Waals surface area contributed by atoms with Crippen LogP contribution in [0.5, 0.6) is 17.2 Å². The van der Waals surface area contributed by atoms with Gasteiger partial charge in [-0.3, -0.25) is 14.9 Å². The highest BCUT2D eigenvalue weighted by molar-refractivity contribution is 9.10. The van der Waals surface area contributed by atoms with Crippen LogP contribution in [0.15, 0.2) is 76.3 Å². The molecule has 0 saturated heterocycles. The molecule has 0 aliphatic carbocycles. The van der Waals surface area contributed by atoms with Crippen LogP contribution in [0, 0.1) is 10.1 Å². The van der Waals surface area contributed by atoms with Gasteiger partial charge in [0.05, 0.1) is 16.7 Å². The smallest absolute Gasteiger partial charge is 0.343 e. The van der Waals surface area contributed by atoms with Gasteiger partial charge >= 0.3 is 5.97 Å². The molecule has 0 radical (unpaired) electrons. The topological polar surface area (TPSA) is 129 Å². The summed E-state index contributed by atoms with van der Waals surface area (Å²) in [6, 6.07) is 16.9. The molecule has 0 bridgehead atoms. The molecule has 0 spiro atoms. The number of benzene rings is 3. The summed E-state index contributed by atoms with van der Waals surface area (Å²) in [5.74, 6) is -0.0165. The standard InChI is InChI=1S/C23H16BrN3O7/c24-16-7-10-18(34-23(29)14-5-8-17(9-6-14)27(30)31)15(11-16)12-25-26-22(28)21-13-32-19-3-1-2-4-20(19)33-21/h1-12,21H,13H2,(H,26,28)/b25-12-/t21-/m1/s1. The lowest BCUT2D eigenvalue weighted by atomic mass is 10.2. The molecular weight excluding hydrogens is 510 g/mol. The number of nitrogens with zero attached hydrogens (tertiary/aromatic N) is 2. The van der Waals surface area contributed by atoms with Crippen molar-refractivity contribution in [2.24, 2.45) is 5.10 Å². The first-order valence-electron chi connectivity index (χ1n) is 9.88. The second kappa shape index (κ2) is 10.1. The molecule has 0 aromatic heterocycles. The molecule has 10 nitrogen and oxygen atoms in total. The Hall–Kier alpha value is -4.25. The Kier molecular flexibility index (Phi) is 6.83. The number of hydrogen-bond donors (Lipinski definition) is 1. The predicted octanol–water partition coefficient (Wildman–Crippen LogP) is 3.87. The highest BCUT2D eigenvalue weighted by Gasteiger charge is 2.27. The molecule has 0 saturated carbocycles. The number of nitro groups is 1. The molecule has 34 heavy (non-hydrogen) atoms. The first-order valence-corrected chi connectivity index (χ1v) is 10.7. The molecule has 1 aliphatic rings. The number of fused-ring (bicyclic) bond motifs is 1. The van der Waals surface area contributed by atoms with Crippen LogP contribution in [-0.4, -0.2) is 35.7 Å². The Morgan fingerprint density at radius 2 is 1.85 bits per heavy atom. The predicted molar refractivity (Wildman–Crippen MR) is 124 cm³/mol. The Bertz CT molecular complexity index is 1280. The number of amides is 1. The normalized spacial score (nSPS) is 14.4. The summed E-state index contributed by atoms with van der Waals surface area (Å²) in [4.78, 5) is 35.1. The molecule has 4 rings (SSSR count). The number of non-ortho nitro benzene ring substituents is 1. The Balaban J connectivity index is 1.42. The van der Waals surface area contributed by atoms with Crippen molar-refractivity contribution >= 4 is 39.7 Å². The molecule has 3 aromatic rings. The van der Waals surface area contributed by atoms with Crippen LogP contribution in [0.1, 0.15) is 15.9 Å². The fraction of sp³-hybridized carbons (Fsp3) is 0.0870. The summed E-state index contributed by atoms with van der Waals surface area (Å²) in [6.45, 7) is 0.0351. The van der Waals surface area contributed by atoms with Gasteiger partial charge in [-0.2, -0.15) is 5.10 Å². The van der Waals surface area contributed by atoms with E-state index in [4.69, 9.17) is 14.2 Å². The van der Waals surface area contributed by atoms with Crippen molar-refractivity contribution in [3.05, 3.63) is 92.4 Å². The summed E-state index contributed by atoms with van der Waals surface area (Å²) in [7, 11) is 0. The van der Waals surface area contributed by atoms with Crippen molar-refractivity contribution in [3.63, 3.8) is 0 Å². The summed E-state index contributed by atoms with van der Waals surface area (Å²) < 4.78 is 17.3. The number of carbonyl (C=O) groups is 2. The number of rotatable bonds is 6. The van der Waals surface area contributed by atoms with Gasteiger partial charge in [0, 0.05) is 22.2 Å². The first kappa shape index (κ1) is 22.9. The van der Waals surface area contributed by atoms with Crippen LogP contribution < -0.4 is 19.6 Å². The molecule has 1 aliphatic heterocycles. The molecule has 0 unspecified atom stereocenters. The van der Waals surface area contributed by atoms with Crippen molar-refractivity contribution in [1.82, 2.24) is 5.43 Å². The summed E-state index contributed by atoms with van der Waals surface area (Å²) >= 11 is 3.34. The molecule has 1 N–H and O–H groups in total. The van der Waals surface area contributed by atoms with E-state index in [0.717, 1.165) is 0 Å². The lowest BCUT2D eigenvalue weighted by molar-refractivity contribution is -0.384. The first-order chi connectivity index (χ1) is 16.4. The molecule has 11 heteroatoms. The van der Waals surface area contributed by atoms with Crippen LogP contribution in [0.2, 0.25) is 0 Å². The van der Waals surface area contributed by atoms with E-state index in [-0.39, 0.29) is 23.6 Å². The van der Waals surface area contributed by atoms with Gasteiger partial charge < -0.3 is 14.2 Å². The lowest BCUT2D eigenvalue weighted by Crippen LogP contribution is -2.42. The van der Waals surface area contributed by atoms with Crippen molar-refractivity contribution in [1.29, 1.82) is 0 Å². The van der Waals surface area contributed by atoms with E-state index in [1.807, 2.05) is 0 Å². The van der Waals surface area contributed by atoms with Crippen LogP contribution in [-0.2, 0) is 4.79 Å². The third kappa shape index (κ3) is 5.38. The molecular formula is C23H16BrN3O7. The Labute approximate surface area is 201 Å². The molecule has 3 aromatic carbocycles. The third-order valence-corrected chi connectivity index (χ3v) is 5.16. The van der Waals surface area contributed by atoms with Crippen LogP contribution in [0.4, 0.5) is 5.69 Å². The van der Waals surface area contributed by atoms with Crippen molar-refractivity contribution in [2.75, 3.05) is 6.61 Å². The largest absolute Gasteiger partial charge is 0.485 e. The SMILES string of the molecule is O=C(Oc1ccc(Br)cc1/C=N\NC(=O)[C@H]1COc2ccccc2O1)c1ccc([N+](=O)[O-])cc1. The second-order valence-electron chi connectivity index (χ2n) is 6.97. The van der Waals surface area contributed by atoms with Crippen molar-refractivity contribution < 1.29 is 28.7 Å². The van der Waals surface area contributed by atoms with E-state index in [1.54, 1.807) is 42.5 Å². The van der Waals surface area contributed by atoms with Gasteiger partial charge in [0.2, 0.25) is 6.10 Å². The van der Waals surface area contributed by atoms with E-state index in [1.165, 1.54) is 30.5 Å². The van der Waals surface area contributed by atoms with E-state index in [0.29, 0.717) is 21.5 Å². The molecule has 172 valence electrons. The number of esters is 1. The Morgan fingerprint density at radius 3 is 2.59 bits per heavy atom. The summed E-state index contributed by atoms with van der Waals surface area (Å²) in [5, 5.41) is 14.7. The highest BCUT2D eigenvalue weighted by Crippen LogP contribution is 2.31. The number of halogens is 1. The number of ether oxygens (including phenoxy) is 3. The fourth-order valence-corrected chi connectivity index (χ4v) is 3.36. The summed E-state index contributed by atoms with van der Waals surface area (Å²) in [5.41, 5.74) is 2.78. The van der Waals surface area contributed by atoms with E-state index < -0.39 is 22.9 Å². The van der Waals surface area contributed by atoms with E-state index in [2.05, 4.69) is 26.5 Å². The zero-order valence-corrected chi connectivity index (χ0v) is 18.9. The maximum atomic E-state index is 12.5. The van der Waals surface area contributed by atoms with Gasteiger partial charge in [-0.1, -0.05) is 28.1 Å². The number of nitrogens with one attached hydrogen (secondary N) is 1. The minimum Gasteiger partial charge on any atom is -0.485 e. The maximum absolute atomic E-state index is 12.5. The minimum atomic E-state index is -0.881. The van der Waals surface area contributed by atoms with Gasteiger partial charge in [0.25, 0.3) is 11.6 Å². The maximum Gasteiger partial charge on any atom is 0.343 e. The van der Waals surface area contributed by atoms with Crippen LogP contribution in [0.25, 0.3) is 0 Å². The Morgan fingerprint density at radius 1 is 1.12 bits per heavy atom. The molecule has 1 atom stereocenters. The van der Waals surface area contributed by atoms with Crippen molar-refractivity contribution in [2.45, 2.75) is 6.10 Å². The molecule has 0 fully saturated rings. The van der Waals surface area contributed by atoms with Gasteiger partial charge in [-0.05, 0) is 42.5 Å². The zero-order chi connectivity index (χ0) is 24.1. The number of nitro benzene ring substituents is 1. The number of carbonyl (C=O) groups excluding carboxylic acids is 2. The number of para-hydroxylation sites is 2. The van der Waals surface area contributed by atoms with E-state index in [9.17, 15) is 19.7 Å². The molecule has 1 amide bonds. The second-order valence-corrected chi connectivity index (χ2v) is 7.89. The lowest BCUT2D eigenvalue weighted by Gasteiger charge is -2.24. The van der Waals surface area contributed by atoms with Gasteiger partial charge in [0.15, 0.2) is 11.5 Å². The average molecular weight is 526 g/mol. The monoisotopic (exact) mass is 525 g/mol. The van der Waals surface area contributed by atoms with Crippen LogP contribution >= 0.6 is 15.9 Å². The number of hydrogen-bond acceptors (Lipinski definition) is 8. The van der Waals surface area contributed by atoms with E-state index >= 15 is 0 Å². The summed E-state index contributed by atoms with van der Waals surface area (Å²) in [6.07, 6.45) is 0.438. The fourth-order valence-electron chi connectivity index (χ4n) is 2.98. The van der Waals surface area contributed by atoms with Crippen molar-refractivity contribution in [3.8, 4) is 17.2 Å². The highest BCUT2D eigenvalue weighted by atomic mass is 79.9. The molecule has 1 heterocycles.